The van der Waals surface area contributed by atoms with E-state index in [1.54, 1.807) is 25.2 Å². The third-order valence-electron chi connectivity index (χ3n) is 11.6. The first-order valence-electron chi connectivity index (χ1n) is 17.4. The minimum atomic E-state index is -0.904. The minimum absolute atomic E-state index is 0.0128. The van der Waals surface area contributed by atoms with Gasteiger partial charge in [0.25, 0.3) is 5.91 Å². The molecule has 0 radical (unpaired) electrons. The molecule has 8 atom stereocenters. The Morgan fingerprint density at radius 3 is 2.61 bits per heavy atom. The molecule has 3 aliphatic carbocycles. The van der Waals surface area contributed by atoms with Gasteiger partial charge in [-0.25, -0.2) is 0 Å². The maximum Gasteiger partial charge on any atom is 0.255 e. The zero-order valence-electron chi connectivity index (χ0n) is 29.7. The third kappa shape index (κ3) is 6.61. The lowest BCUT2D eigenvalue weighted by Crippen LogP contribution is -2.62. The van der Waals surface area contributed by atoms with Crippen LogP contribution < -0.4 is 24.8 Å². The van der Waals surface area contributed by atoms with Gasteiger partial charge in [-0.3, -0.25) is 14.4 Å². The summed E-state index contributed by atoms with van der Waals surface area (Å²) in [6, 6.07) is 8.46. The molecular formula is C37H52N4O8. The molecule has 7 rings (SSSR count). The van der Waals surface area contributed by atoms with E-state index in [9.17, 15) is 19.8 Å². The number of benzene rings is 2. The largest absolute Gasteiger partial charge is 0.496 e. The van der Waals surface area contributed by atoms with Crippen molar-refractivity contribution in [3.63, 3.8) is 0 Å². The van der Waals surface area contributed by atoms with Crippen LogP contribution in [0.15, 0.2) is 30.3 Å². The zero-order valence-corrected chi connectivity index (χ0v) is 29.7. The van der Waals surface area contributed by atoms with Gasteiger partial charge in [-0.1, -0.05) is 39.0 Å². The van der Waals surface area contributed by atoms with Crippen LogP contribution in [0.2, 0.25) is 0 Å². The van der Waals surface area contributed by atoms with E-state index in [-0.39, 0.29) is 43.2 Å². The number of nitrogens with zero attached hydrogens (tertiary/aromatic N) is 2. The van der Waals surface area contributed by atoms with Crippen LogP contribution in [0.3, 0.4) is 0 Å². The minimum Gasteiger partial charge on any atom is -0.496 e. The molecule has 2 amide bonds. The van der Waals surface area contributed by atoms with E-state index >= 15 is 0 Å². The number of para-hydroxylation sites is 1. The van der Waals surface area contributed by atoms with E-state index in [0.29, 0.717) is 64.8 Å². The lowest BCUT2D eigenvalue weighted by molar-refractivity contribution is -0.183. The fourth-order valence-corrected chi connectivity index (χ4v) is 8.65. The normalized spacial score (nSPS) is 29.0. The van der Waals surface area contributed by atoms with Gasteiger partial charge < -0.3 is 40.0 Å². The van der Waals surface area contributed by atoms with E-state index in [0.717, 1.165) is 12.0 Å². The summed E-state index contributed by atoms with van der Waals surface area (Å²) < 4.78 is 17.4. The first kappa shape index (κ1) is 35.4. The van der Waals surface area contributed by atoms with Gasteiger partial charge in [0.1, 0.15) is 17.9 Å². The summed E-state index contributed by atoms with van der Waals surface area (Å²) in [6.07, 6.45) is 0.458. The molecule has 2 aliphatic heterocycles. The molecule has 1 unspecified atom stereocenters. The second-order valence-electron chi connectivity index (χ2n) is 15.0. The Bertz CT molecular complexity index is 1550. The summed E-state index contributed by atoms with van der Waals surface area (Å²) in [5.74, 6) is 1.72. The van der Waals surface area contributed by atoms with Crippen molar-refractivity contribution in [1.29, 1.82) is 0 Å². The Morgan fingerprint density at radius 1 is 1.18 bits per heavy atom. The number of rotatable bonds is 12. The average Bonchev–Trinajstić information content (AvgIpc) is 3.69. The van der Waals surface area contributed by atoms with Gasteiger partial charge in [0.15, 0.2) is 11.5 Å². The molecule has 1 saturated heterocycles. The predicted octanol–water partition coefficient (Wildman–Crippen LogP) is 3.04. The number of carbonyl (C=O) groups excluding carboxylic acids is 2. The van der Waals surface area contributed by atoms with Crippen LogP contribution in [-0.4, -0.2) is 104 Å². The number of hydrogen-bond acceptors (Lipinski definition) is 10. The average molecular weight is 681 g/mol. The number of amides is 2. The SMILES string of the molecule is COc1c(CN2OC(CO)[C@@H]([C@H](C)O)[C@H]2C(=O)N[C@H]2C[C@H]3C[C@@H]([C@@H]2C)C3(C)C)cccc1-c1cc2c(c(C(=O)NCCN(C)C)c1)OCO2. The van der Waals surface area contributed by atoms with Crippen molar-refractivity contribution in [1.82, 2.24) is 20.6 Å². The van der Waals surface area contributed by atoms with Crippen molar-refractivity contribution in [3.05, 3.63) is 41.5 Å². The van der Waals surface area contributed by atoms with Gasteiger partial charge >= 0.3 is 0 Å². The van der Waals surface area contributed by atoms with E-state index in [1.807, 2.05) is 43.3 Å². The molecular weight excluding hydrogens is 628 g/mol. The predicted molar refractivity (Wildman–Crippen MR) is 183 cm³/mol. The molecule has 49 heavy (non-hydrogen) atoms. The van der Waals surface area contributed by atoms with Crippen LogP contribution in [-0.2, 0) is 16.2 Å². The molecule has 2 aromatic rings. The molecule has 2 bridgehead atoms. The summed E-state index contributed by atoms with van der Waals surface area (Å²) in [7, 11) is 5.46. The number of nitrogens with one attached hydrogen (secondary N) is 2. The number of aliphatic hydroxyl groups excluding tert-OH is 2. The van der Waals surface area contributed by atoms with Crippen LogP contribution in [0.4, 0.5) is 0 Å². The third-order valence-corrected chi connectivity index (χ3v) is 11.6. The van der Waals surface area contributed by atoms with Crippen molar-refractivity contribution in [2.75, 3.05) is 47.7 Å². The molecule has 5 aliphatic rings. The molecule has 2 heterocycles. The van der Waals surface area contributed by atoms with Crippen molar-refractivity contribution >= 4 is 11.8 Å². The maximum atomic E-state index is 14.2. The second-order valence-corrected chi connectivity index (χ2v) is 15.0. The number of hydrogen-bond donors (Lipinski definition) is 4. The van der Waals surface area contributed by atoms with E-state index < -0.39 is 24.2 Å². The number of hydroxylamine groups is 2. The quantitative estimate of drug-likeness (QED) is 0.264. The van der Waals surface area contributed by atoms with Crippen LogP contribution in [0.1, 0.15) is 56.5 Å². The highest BCUT2D eigenvalue weighted by atomic mass is 16.7. The van der Waals surface area contributed by atoms with Gasteiger partial charge in [0.2, 0.25) is 12.7 Å². The van der Waals surface area contributed by atoms with E-state index in [1.165, 1.54) is 6.42 Å². The van der Waals surface area contributed by atoms with E-state index in [4.69, 9.17) is 19.0 Å². The van der Waals surface area contributed by atoms with Crippen LogP contribution in [0.5, 0.6) is 17.2 Å². The standard InChI is InChI=1S/C37H52N4O8/c1-20-27-15-24(37(27,3)4)16-28(20)39-36(45)32-31(21(2)43)30(18-42)49-41(32)17-22-9-8-10-25(33(22)46-7)23-13-26(34-29(14-23)47-19-48-34)35(44)38-11-12-40(5)6/h8-10,13-14,20-21,24,27-28,30-32,42-43H,11-12,15-19H2,1-7H3,(H,38,44)(H,39,45)/t20-,21-,24+,27-,28-,30?,31+,32-/m0/s1. The molecule has 2 aromatic carbocycles. The summed E-state index contributed by atoms with van der Waals surface area (Å²) in [5.41, 5.74) is 2.78. The molecule has 12 heteroatoms. The summed E-state index contributed by atoms with van der Waals surface area (Å²) in [4.78, 5) is 35.7. The molecule has 0 aromatic heterocycles. The van der Waals surface area contributed by atoms with Gasteiger partial charge in [0.05, 0.1) is 31.9 Å². The van der Waals surface area contributed by atoms with E-state index in [2.05, 4.69) is 31.4 Å². The van der Waals surface area contributed by atoms with Gasteiger partial charge in [-0.2, -0.15) is 5.06 Å². The van der Waals surface area contributed by atoms with Gasteiger partial charge in [-0.15, -0.1) is 0 Å². The number of ether oxygens (including phenoxy) is 3. The highest BCUT2D eigenvalue weighted by Gasteiger charge is 2.57. The Balaban J connectivity index is 1.28. The zero-order chi connectivity index (χ0) is 35.2. The molecule has 268 valence electrons. The first-order valence-corrected chi connectivity index (χ1v) is 17.4. The van der Waals surface area contributed by atoms with Crippen molar-refractivity contribution < 1.29 is 38.9 Å². The molecule has 12 nitrogen and oxygen atoms in total. The van der Waals surface area contributed by atoms with Crippen LogP contribution in [0, 0.1) is 29.1 Å². The number of likely N-dealkylation sites (N-methyl/N-ethyl adjacent to an activating group) is 1. The summed E-state index contributed by atoms with van der Waals surface area (Å²) >= 11 is 0. The number of carbonyl (C=O) groups is 2. The highest BCUT2D eigenvalue weighted by Crippen LogP contribution is 2.61. The topological polar surface area (TPSA) is 142 Å². The van der Waals surface area contributed by atoms with Crippen molar-refractivity contribution in [2.45, 2.75) is 71.4 Å². The van der Waals surface area contributed by atoms with Gasteiger partial charge in [-0.05, 0) is 74.7 Å². The van der Waals surface area contributed by atoms with Crippen molar-refractivity contribution in [3.8, 4) is 28.4 Å². The van der Waals surface area contributed by atoms with Crippen LogP contribution >= 0.6 is 0 Å². The smallest absolute Gasteiger partial charge is 0.255 e. The Morgan fingerprint density at radius 2 is 1.96 bits per heavy atom. The Kier molecular flexibility index (Phi) is 10.2. The monoisotopic (exact) mass is 680 g/mol. The lowest BCUT2D eigenvalue weighted by atomic mass is 9.45. The first-order chi connectivity index (χ1) is 23.3. The Hall–Kier alpha value is -3.42. The number of methoxy groups -OCH3 is 1. The fourth-order valence-electron chi connectivity index (χ4n) is 8.65. The molecule has 3 saturated carbocycles. The molecule has 0 spiro atoms. The second kappa shape index (κ2) is 14.1. The van der Waals surface area contributed by atoms with Gasteiger partial charge in [0, 0.05) is 36.2 Å². The summed E-state index contributed by atoms with van der Waals surface area (Å²) in [5, 5.41) is 29.0. The fraction of sp³-hybridized carbons (Fsp3) is 0.622. The Labute approximate surface area is 289 Å². The maximum absolute atomic E-state index is 14.2. The van der Waals surface area contributed by atoms with Crippen molar-refractivity contribution in [2.24, 2.45) is 29.1 Å². The molecule has 4 N–H and O–H groups in total. The summed E-state index contributed by atoms with van der Waals surface area (Å²) in [6.45, 7) is 9.49. The highest BCUT2D eigenvalue weighted by molar-refractivity contribution is 5.99. The molecule has 4 fully saturated rings. The lowest BCUT2D eigenvalue weighted by Gasteiger charge is -2.62. The van der Waals surface area contributed by atoms with Crippen LogP contribution in [0.25, 0.3) is 11.1 Å². The number of fused-ring (bicyclic) bond motifs is 3. The number of aliphatic hydroxyl groups is 2.